The molecule has 0 spiro atoms. The highest BCUT2D eigenvalue weighted by Gasteiger charge is 2.63. The zero-order valence-electron chi connectivity index (χ0n) is 9.03. The van der Waals surface area contributed by atoms with E-state index in [0.29, 0.717) is 13.3 Å². The molecule has 0 saturated heterocycles. The average molecular weight is 216 g/mol. The number of nitrogens with zero attached hydrogens (tertiary/aromatic N) is 1. The van der Waals surface area contributed by atoms with Gasteiger partial charge in [0, 0.05) is 5.41 Å². The summed E-state index contributed by atoms with van der Waals surface area (Å²) in [5.74, 6) is -3.80. The van der Waals surface area contributed by atoms with Gasteiger partial charge in [0.1, 0.15) is 5.54 Å². The summed E-state index contributed by atoms with van der Waals surface area (Å²) in [6, 6.07) is 1.98. The Hall–Kier alpha value is -1.18. The number of hydrogen-bond acceptors (Lipinski definition) is 2. The smallest absolute Gasteiger partial charge is 0.254 e. The number of alkyl halides is 2. The zero-order valence-corrected chi connectivity index (χ0v) is 9.03. The molecule has 1 saturated carbocycles. The Morgan fingerprint density at radius 1 is 1.60 bits per heavy atom. The topological polar surface area (TPSA) is 52.9 Å². The van der Waals surface area contributed by atoms with Gasteiger partial charge in [-0.3, -0.25) is 4.79 Å². The van der Waals surface area contributed by atoms with Crippen LogP contribution in [0.3, 0.4) is 0 Å². The molecule has 1 N–H and O–H groups in total. The van der Waals surface area contributed by atoms with E-state index in [1.807, 2.05) is 19.9 Å². The molecule has 1 aliphatic rings. The lowest BCUT2D eigenvalue weighted by Gasteiger charge is -2.16. The number of halogens is 2. The molecule has 15 heavy (non-hydrogen) atoms. The van der Waals surface area contributed by atoms with E-state index in [0.717, 1.165) is 0 Å². The van der Waals surface area contributed by atoms with Gasteiger partial charge in [0.05, 0.1) is 12.5 Å². The molecule has 0 aromatic rings. The summed E-state index contributed by atoms with van der Waals surface area (Å²) < 4.78 is 25.0. The monoisotopic (exact) mass is 216 g/mol. The van der Waals surface area contributed by atoms with Crippen molar-refractivity contribution >= 4 is 5.91 Å². The number of nitriles is 1. The minimum absolute atomic E-state index is 0.319. The third-order valence-electron chi connectivity index (χ3n) is 2.75. The maximum absolute atomic E-state index is 12.5. The van der Waals surface area contributed by atoms with Crippen LogP contribution in [0.25, 0.3) is 0 Å². The molecule has 5 heteroatoms. The van der Waals surface area contributed by atoms with Crippen molar-refractivity contribution in [3.63, 3.8) is 0 Å². The van der Waals surface area contributed by atoms with E-state index in [9.17, 15) is 13.6 Å². The van der Waals surface area contributed by atoms with E-state index in [1.54, 1.807) is 0 Å². The van der Waals surface area contributed by atoms with Gasteiger partial charge in [0.15, 0.2) is 0 Å². The molecule has 1 fully saturated rings. The van der Waals surface area contributed by atoms with Gasteiger partial charge in [-0.05, 0) is 13.3 Å². The fourth-order valence-corrected chi connectivity index (χ4v) is 1.62. The summed E-state index contributed by atoms with van der Waals surface area (Å²) in [4.78, 5) is 11.2. The second-order valence-corrected chi connectivity index (χ2v) is 4.87. The van der Waals surface area contributed by atoms with Crippen molar-refractivity contribution in [2.75, 3.05) is 0 Å². The van der Waals surface area contributed by atoms with E-state index >= 15 is 0 Å². The number of carbonyl (C=O) groups is 1. The van der Waals surface area contributed by atoms with Crippen molar-refractivity contribution < 1.29 is 13.6 Å². The molecule has 1 amide bonds. The lowest BCUT2D eigenvalue weighted by molar-refractivity contribution is -0.128. The summed E-state index contributed by atoms with van der Waals surface area (Å²) in [7, 11) is 0. The van der Waals surface area contributed by atoms with Crippen LogP contribution in [-0.2, 0) is 4.79 Å². The van der Waals surface area contributed by atoms with Crippen molar-refractivity contribution in [1.29, 1.82) is 5.26 Å². The summed E-state index contributed by atoms with van der Waals surface area (Å²) in [6.07, 6.45) is -0.357. The van der Waals surface area contributed by atoms with Gasteiger partial charge in [0.25, 0.3) is 5.92 Å². The molecule has 0 aromatic carbocycles. The Bertz CT molecular complexity index is 327. The predicted octanol–water partition coefficient (Wildman–Crippen LogP) is 1.84. The molecular weight excluding hydrogens is 202 g/mol. The van der Waals surface area contributed by atoms with Crippen molar-refractivity contribution in [2.45, 2.75) is 45.1 Å². The first-order valence-electron chi connectivity index (χ1n) is 4.72. The molecule has 0 bridgehead atoms. The predicted molar refractivity (Wildman–Crippen MR) is 50.1 cm³/mol. The third-order valence-corrected chi connectivity index (χ3v) is 2.75. The standard InChI is InChI=1S/C10H14F2N2O/c1-8(2)5-10(8,6-13)14-7(15)4-9(3,11)12/h4-5H2,1-3H3,(H,14,15). The Morgan fingerprint density at radius 2 is 2.07 bits per heavy atom. The Balaban J connectivity index is 2.58. The first-order valence-corrected chi connectivity index (χ1v) is 4.72. The normalized spacial score (nSPS) is 28.0. The van der Waals surface area contributed by atoms with Gasteiger partial charge >= 0.3 is 0 Å². The molecule has 1 rings (SSSR count). The van der Waals surface area contributed by atoms with Crippen LogP contribution in [0.15, 0.2) is 0 Å². The van der Waals surface area contributed by atoms with Gasteiger partial charge in [-0.15, -0.1) is 0 Å². The van der Waals surface area contributed by atoms with Crippen LogP contribution in [0.2, 0.25) is 0 Å². The van der Waals surface area contributed by atoms with Gasteiger partial charge in [-0.2, -0.15) is 5.26 Å². The maximum Gasteiger partial charge on any atom is 0.254 e. The number of amides is 1. The van der Waals surface area contributed by atoms with Gasteiger partial charge in [-0.25, -0.2) is 8.78 Å². The lowest BCUT2D eigenvalue weighted by atomic mass is 10.1. The molecule has 0 aliphatic heterocycles. The van der Waals surface area contributed by atoms with E-state index in [2.05, 4.69) is 5.32 Å². The minimum atomic E-state index is -3.03. The molecule has 1 atom stereocenters. The molecule has 0 radical (unpaired) electrons. The first-order chi connectivity index (χ1) is 6.62. The fraction of sp³-hybridized carbons (Fsp3) is 0.800. The third kappa shape index (κ3) is 2.44. The molecule has 84 valence electrons. The Labute approximate surface area is 87.5 Å². The molecule has 0 heterocycles. The molecule has 0 aromatic heterocycles. The molecule has 3 nitrogen and oxygen atoms in total. The SMILES string of the molecule is CC(F)(F)CC(=O)NC1(C#N)CC1(C)C. The van der Waals surface area contributed by atoms with Crippen LogP contribution in [0.4, 0.5) is 8.78 Å². The average Bonchev–Trinajstić information content (AvgIpc) is 2.49. The van der Waals surface area contributed by atoms with E-state index in [4.69, 9.17) is 5.26 Å². The van der Waals surface area contributed by atoms with Crippen molar-refractivity contribution in [3.8, 4) is 6.07 Å². The second kappa shape index (κ2) is 3.16. The number of rotatable bonds is 3. The molecule has 1 aliphatic carbocycles. The summed E-state index contributed by atoms with van der Waals surface area (Å²) >= 11 is 0. The summed E-state index contributed by atoms with van der Waals surface area (Å²) in [5, 5.41) is 11.3. The van der Waals surface area contributed by atoms with Gasteiger partial charge in [-0.1, -0.05) is 13.8 Å². The summed E-state index contributed by atoms with van der Waals surface area (Å²) in [5.41, 5.74) is -1.27. The quantitative estimate of drug-likeness (QED) is 0.782. The number of hydrogen-bond donors (Lipinski definition) is 1. The van der Waals surface area contributed by atoms with E-state index < -0.39 is 23.8 Å². The second-order valence-electron chi connectivity index (χ2n) is 4.87. The zero-order chi connectivity index (χ0) is 11.9. The van der Waals surface area contributed by atoms with Crippen LogP contribution in [0.1, 0.15) is 33.6 Å². The van der Waals surface area contributed by atoms with E-state index in [1.165, 1.54) is 0 Å². The molecule has 1 unspecified atom stereocenters. The Morgan fingerprint density at radius 3 is 2.33 bits per heavy atom. The van der Waals surface area contributed by atoms with Crippen LogP contribution in [0.5, 0.6) is 0 Å². The van der Waals surface area contributed by atoms with Crippen molar-refractivity contribution in [3.05, 3.63) is 0 Å². The van der Waals surface area contributed by atoms with Crippen molar-refractivity contribution in [2.24, 2.45) is 5.41 Å². The highest BCUT2D eigenvalue weighted by molar-refractivity contribution is 5.79. The largest absolute Gasteiger partial charge is 0.337 e. The lowest BCUT2D eigenvalue weighted by Crippen LogP contribution is -2.41. The van der Waals surface area contributed by atoms with Crippen LogP contribution in [-0.4, -0.2) is 17.4 Å². The highest BCUT2D eigenvalue weighted by Crippen LogP contribution is 2.55. The number of nitrogens with one attached hydrogen (secondary N) is 1. The highest BCUT2D eigenvalue weighted by atomic mass is 19.3. The van der Waals surface area contributed by atoms with Crippen molar-refractivity contribution in [1.82, 2.24) is 5.32 Å². The van der Waals surface area contributed by atoms with Crippen LogP contribution in [0, 0.1) is 16.7 Å². The van der Waals surface area contributed by atoms with Crippen LogP contribution < -0.4 is 5.32 Å². The van der Waals surface area contributed by atoms with Gasteiger partial charge in [0.2, 0.25) is 5.91 Å². The van der Waals surface area contributed by atoms with Crippen LogP contribution >= 0.6 is 0 Å². The fourth-order valence-electron chi connectivity index (χ4n) is 1.62. The van der Waals surface area contributed by atoms with E-state index in [-0.39, 0.29) is 5.41 Å². The Kier molecular flexibility index (Phi) is 2.50. The van der Waals surface area contributed by atoms with Gasteiger partial charge < -0.3 is 5.32 Å². The maximum atomic E-state index is 12.5. The summed E-state index contributed by atoms with van der Waals surface area (Å²) in [6.45, 7) is 4.32. The number of carbonyl (C=O) groups excluding carboxylic acids is 1. The minimum Gasteiger partial charge on any atom is -0.337 e. The first kappa shape index (κ1) is 11.9. The molecular formula is C10H14F2N2O.